The molecule has 1 saturated heterocycles. The normalized spacial score (nSPS) is 18.0. The molecule has 1 aliphatic rings. The van der Waals surface area contributed by atoms with Crippen LogP contribution in [-0.4, -0.2) is 54.2 Å². The Labute approximate surface area is 170 Å². The molecule has 0 aliphatic carbocycles. The van der Waals surface area contributed by atoms with Crippen LogP contribution < -0.4 is 9.57 Å². The van der Waals surface area contributed by atoms with Crippen LogP contribution in [0.25, 0.3) is 11.0 Å². The molecule has 8 nitrogen and oxygen atoms in total. The Hall–Kier alpha value is -2.65. The maximum atomic E-state index is 13.0. The van der Waals surface area contributed by atoms with Crippen molar-refractivity contribution in [3.8, 4) is 5.75 Å². The molecule has 1 atom stereocenters. The molecule has 0 saturated carbocycles. The van der Waals surface area contributed by atoms with Crippen molar-refractivity contribution in [1.29, 1.82) is 0 Å². The van der Waals surface area contributed by atoms with E-state index in [-0.39, 0.29) is 11.5 Å². The number of nitrogens with zero attached hydrogens (tertiary/aromatic N) is 4. The molecule has 9 heteroatoms. The van der Waals surface area contributed by atoms with Crippen LogP contribution in [-0.2, 0) is 10.0 Å². The second-order valence-electron chi connectivity index (χ2n) is 7.22. The van der Waals surface area contributed by atoms with Crippen molar-refractivity contribution in [2.24, 2.45) is 5.92 Å². The first-order valence-electron chi connectivity index (χ1n) is 9.71. The highest BCUT2D eigenvalue weighted by Gasteiger charge is 2.29. The molecule has 154 valence electrons. The number of piperidine rings is 1. The van der Waals surface area contributed by atoms with Crippen molar-refractivity contribution in [2.45, 2.75) is 24.7 Å². The number of para-hydroxylation sites is 1. The van der Waals surface area contributed by atoms with Crippen LogP contribution in [0.3, 0.4) is 0 Å². The molecule has 3 aromatic rings. The Kier molecular flexibility index (Phi) is 5.68. The fourth-order valence-electron chi connectivity index (χ4n) is 3.45. The number of hydrogen-bond acceptors (Lipinski definition) is 6. The van der Waals surface area contributed by atoms with Gasteiger partial charge >= 0.3 is 0 Å². The highest BCUT2D eigenvalue weighted by molar-refractivity contribution is 7.89. The summed E-state index contributed by atoms with van der Waals surface area (Å²) in [6.45, 7) is 3.75. The Morgan fingerprint density at radius 1 is 1.14 bits per heavy atom. The monoisotopic (exact) mass is 416 g/mol. The van der Waals surface area contributed by atoms with Gasteiger partial charge in [-0.15, -0.1) is 5.10 Å². The minimum absolute atomic E-state index is 0.229. The molecule has 0 amide bonds. The molecule has 0 bridgehead atoms. The van der Waals surface area contributed by atoms with Crippen molar-refractivity contribution in [3.05, 3.63) is 48.5 Å². The van der Waals surface area contributed by atoms with Gasteiger partial charge in [0.2, 0.25) is 10.0 Å². The zero-order chi connectivity index (χ0) is 20.3. The zero-order valence-electron chi connectivity index (χ0n) is 16.3. The van der Waals surface area contributed by atoms with Gasteiger partial charge in [-0.2, -0.15) is 4.31 Å². The minimum Gasteiger partial charge on any atom is -0.490 e. The Balaban J connectivity index is 1.47. The van der Waals surface area contributed by atoms with E-state index in [1.807, 2.05) is 30.3 Å². The predicted octanol–water partition coefficient (Wildman–Crippen LogP) is 2.36. The number of benzene rings is 2. The van der Waals surface area contributed by atoms with E-state index in [9.17, 15) is 8.42 Å². The summed E-state index contributed by atoms with van der Waals surface area (Å²) in [6, 6.07) is 14.2. The average molecular weight is 417 g/mol. The summed E-state index contributed by atoms with van der Waals surface area (Å²) in [5, 5.41) is 8.01. The van der Waals surface area contributed by atoms with E-state index in [2.05, 4.69) is 17.2 Å². The van der Waals surface area contributed by atoms with Crippen molar-refractivity contribution in [3.63, 3.8) is 0 Å². The fraction of sp³-hybridized carbons (Fsp3) is 0.400. The van der Waals surface area contributed by atoms with Crippen molar-refractivity contribution >= 4 is 21.1 Å². The van der Waals surface area contributed by atoms with Crippen LogP contribution in [0.5, 0.6) is 5.75 Å². The molecular formula is C20H24N4O4S. The van der Waals surface area contributed by atoms with E-state index in [1.165, 1.54) is 4.85 Å². The van der Waals surface area contributed by atoms with Gasteiger partial charge in [0.25, 0.3) is 0 Å². The highest BCUT2D eigenvalue weighted by Crippen LogP contribution is 2.25. The Morgan fingerprint density at radius 3 is 2.76 bits per heavy atom. The van der Waals surface area contributed by atoms with Crippen LogP contribution in [0.2, 0.25) is 0 Å². The summed E-state index contributed by atoms with van der Waals surface area (Å²) >= 11 is 0. The fourth-order valence-corrected chi connectivity index (χ4v) is 5.07. The van der Waals surface area contributed by atoms with E-state index in [4.69, 9.17) is 9.57 Å². The van der Waals surface area contributed by atoms with Gasteiger partial charge < -0.3 is 9.57 Å². The molecule has 0 N–H and O–H groups in total. The predicted molar refractivity (Wildman–Crippen MR) is 108 cm³/mol. The average Bonchev–Trinajstić information content (AvgIpc) is 3.14. The topological polar surface area (TPSA) is 86.6 Å². The van der Waals surface area contributed by atoms with Crippen LogP contribution in [0.1, 0.15) is 19.8 Å². The summed E-state index contributed by atoms with van der Waals surface area (Å²) in [7, 11) is -3.56. The molecule has 0 radical (unpaired) electrons. The summed E-state index contributed by atoms with van der Waals surface area (Å²) in [5.41, 5.74) is 1.08. The van der Waals surface area contributed by atoms with E-state index in [0.29, 0.717) is 36.6 Å². The quantitative estimate of drug-likeness (QED) is 0.550. The van der Waals surface area contributed by atoms with E-state index < -0.39 is 10.0 Å². The van der Waals surface area contributed by atoms with Crippen LogP contribution in [0.4, 0.5) is 0 Å². The lowest BCUT2D eigenvalue weighted by Gasteiger charge is -2.30. The number of rotatable bonds is 7. The number of fused-ring (bicyclic) bond motifs is 1. The molecule has 2 heterocycles. The van der Waals surface area contributed by atoms with Gasteiger partial charge in [0.1, 0.15) is 23.4 Å². The second-order valence-corrected chi connectivity index (χ2v) is 9.16. The third kappa shape index (κ3) is 4.35. The van der Waals surface area contributed by atoms with E-state index >= 15 is 0 Å². The molecule has 1 fully saturated rings. The van der Waals surface area contributed by atoms with E-state index in [1.54, 1.807) is 22.5 Å². The van der Waals surface area contributed by atoms with Gasteiger partial charge in [-0.05, 0) is 54.3 Å². The van der Waals surface area contributed by atoms with E-state index in [0.717, 1.165) is 18.6 Å². The largest absolute Gasteiger partial charge is 0.490 e. The molecule has 0 unspecified atom stereocenters. The molecule has 4 rings (SSSR count). The molecule has 0 spiro atoms. The van der Waals surface area contributed by atoms with Gasteiger partial charge in [-0.3, -0.25) is 0 Å². The van der Waals surface area contributed by atoms with Crippen molar-refractivity contribution < 1.29 is 18.0 Å². The van der Waals surface area contributed by atoms with Gasteiger partial charge in [0, 0.05) is 13.1 Å². The first kappa shape index (κ1) is 19.7. The Morgan fingerprint density at radius 2 is 1.97 bits per heavy atom. The van der Waals surface area contributed by atoms with Crippen LogP contribution in [0, 0.1) is 5.92 Å². The first-order chi connectivity index (χ1) is 14.0. The van der Waals surface area contributed by atoms with Gasteiger partial charge in [-0.1, -0.05) is 30.0 Å². The maximum absolute atomic E-state index is 13.0. The summed E-state index contributed by atoms with van der Waals surface area (Å²) in [5.74, 6) is 1.12. The lowest BCUT2D eigenvalue weighted by molar-refractivity contribution is 0.0639. The zero-order valence-corrected chi connectivity index (χ0v) is 17.1. The minimum atomic E-state index is -3.56. The summed E-state index contributed by atoms with van der Waals surface area (Å²) < 4.78 is 33.2. The highest BCUT2D eigenvalue weighted by atomic mass is 32.2. The van der Waals surface area contributed by atoms with Crippen molar-refractivity contribution in [1.82, 2.24) is 19.5 Å². The summed E-state index contributed by atoms with van der Waals surface area (Å²) in [6.07, 6.45) is 1.94. The number of sulfonamides is 1. The maximum Gasteiger partial charge on any atom is 0.243 e. The van der Waals surface area contributed by atoms with Gasteiger partial charge in [0.15, 0.2) is 6.61 Å². The second kappa shape index (κ2) is 8.38. The molecule has 1 aliphatic heterocycles. The van der Waals surface area contributed by atoms with Crippen LogP contribution >= 0.6 is 0 Å². The molecule has 29 heavy (non-hydrogen) atoms. The first-order valence-corrected chi connectivity index (χ1v) is 11.1. The summed E-state index contributed by atoms with van der Waals surface area (Å²) in [4.78, 5) is 7.10. The third-order valence-electron chi connectivity index (χ3n) is 4.95. The number of ether oxygens (including phenoxy) is 1. The van der Waals surface area contributed by atoms with Gasteiger partial charge in [0.05, 0.1) is 4.90 Å². The van der Waals surface area contributed by atoms with Crippen LogP contribution in [0.15, 0.2) is 53.4 Å². The number of aromatic nitrogens is 3. The standard InChI is InChI=1S/C20H24N4O4S/c1-16-6-5-11-23(15-16)29(25,26)18-9-10-19-20(14-18)24(22-21-19)28-13-12-27-17-7-3-2-4-8-17/h2-4,7-10,14,16H,5-6,11-13,15H2,1H3/t16-/m1/s1. The third-order valence-corrected chi connectivity index (χ3v) is 6.81. The lowest BCUT2D eigenvalue weighted by Crippen LogP contribution is -2.39. The molecular weight excluding hydrogens is 392 g/mol. The smallest absolute Gasteiger partial charge is 0.243 e. The van der Waals surface area contributed by atoms with Crippen molar-refractivity contribution in [2.75, 3.05) is 26.3 Å². The molecule has 2 aromatic carbocycles. The molecule has 1 aromatic heterocycles. The lowest BCUT2D eigenvalue weighted by atomic mass is 10.0. The SMILES string of the molecule is C[C@@H]1CCCN(S(=O)(=O)c2ccc3nnn(OCCOc4ccccc4)c3c2)C1. The Bertz CT molecular complexity index is 1070. The van der Waals surface area contributed by atoms with Gasteiger partial charge in [-0.25, -0.2) is 8.42 Å². The number of hydrogen-bond donors (Lipinski definition) is 0.